The predicted molar refractivity (Wildman–Crippen MR) is 362 cm³/mol. The molecule has 0 aromatic heterocycles. The van der Waals surface area contributed by atoms with E-state index in [2.05, 4.69) is 124 Å². The van der Waals surface area contributed by atoms with Crippen LogP contribution in [0.1, 0.15) is 342 Å². The van der Waals surface area contributed by atoms with Crippen molar-refractivity contribution in [1.29, 1.82) is 0 Å². The van der Waals surface area contributed by atoms with Crippen molar-refractivity contribution in [3.63, 3.8) is 0 Å². The number of carbonyl (C=O) groups is 3. The van der Waals surface area contributed by atoms with E-state index in [4.69, 9.17) is 14.2 Å². The maximum Gasteiger partial charge on any atom is 0.306 e. The second-order valence-corrected chi connectivity index (χ2v) is 23.4. The molecule has 0 N–H and O–H groups in total. The van der Waals surface area contributed by atoms with Gasteiger partial charge in [-0.1, -0.05) is 336 Å². The summed E-state index contributed by atoms with van der Waals surface area (Å²) in [5.41, 5.74) is 0. The minimum Gasteiger partial charge on any atom is -0.462 e. The zero-order valence-corrected chi connectivity index (χ0v) is 54.7. The highest BCUT2D eigenvalue weighted by Crippen LogP contribution is 2.17. The molecule has 0 heterocycles. The first-order valence-electron chi connectivity index (χ1n) is 35.4. The van der Waals surface area contributed by atoms with Crippen LogP contribution >= 0.6 is 0 Å². The third kappa shape index (κ3) is 68.7. The zero-order valence-electron chi connectivity index (χ0n) is 54.7. The number of unbranched alkanes of at least 4 members (excludes halogenated alkanes) is 35. The van der Waals surface area contributed by atoms with E-state index in [1.54, 1.807) is 0 Å². The van der Waals surface area contributed by atoms with Crippen molar-refractivity contribution in [2.24, 2.45) is 0 Å². The fraction of sp³-hybridized carbons (Fsp3) is 0.727. The van der Waals surface area contributed by atoms with Gasteiger partial charge in [0.05, 0.1) is 0 Å². The Morgan fingerprint density at radius 1 is 0.253 bits per heavy atom. The van der Waals surface area contributed by atoms with Crippen LogP contribution in [0.2, 0.25) is 0 Å². The van der Waals surface area contributed by atoms with Gasteiger partial charge in [0.1, 0.15) is 13.2 Å². The van der Waals surface area contributed by atoms with Crippen molar-refractivity contribution < 1.29 is 28.6 Å². The Balaban J connectivity index is 4.41. The largest absolute Gasteiger partial charge is 0.462 e. The van der Waals surface area contributed by atoms with Gasteiger partial charge in [-0.2, -0.15) is 0 Å². The molecule has 0 aromatic rings. The normalized spacial score (nSPS) is 12.8. The number of allylic oxidation sites excluding steroid dienone is 18. The molecular weight excluding hydrogens is 1020 g/mol. The number of rotatable bonds is 64. The van der Waals surface area contributed by atoms with Crippen LogP contribution in [0, 0.1) is 0 Å². The van der Waals surface area contributed by atoms with Gasteiger partial charge in [-0.3, -0.25) is 14.4 Å². The maximum atomic E-state index is 12.9. The molecule has 1 unspecified atom stereocenters. The molecule has 0 bridgehead atoms. The van der Waals surface area contributed by atoms with E-state index in [-0.39, 0.29) is 37.5 Å². The molecule has 6 nitrogen and oxygen atoms in total. The molecule has 0 fully saturated rings. The smallest absolute Gasteiger partial charge is 0.306 e. The highest BCUT2D eigenvalue weighted by Gasteiger charge is 2.19. The molecular formula is C77H132O6. The van der Waals surface area contributed by atoms with Crippen LogP contribution in [0.5, 0.6) is 0 Å². The molecule has 0 radical (unpaired) electrons. The molecule has 0 spiro atoms. The summed E-state index contributed by atoms with van der Waals surface area (Å²) in [5.74, 6) is -0.978. The lowest BCUT2D eigenvalue weighted by molar-refractivity contribution is -0.166. The molecule has 476 valence electrons. The first-order chi connectivity index (χ1) is 41.0. The summed E-state index contributed by atoms with van der Waals surface area (Å²) in [6.07, 6.45) is 97.0. The second-order valence-electron chi connectivity index (χ2n) is 23.4. The Morgan fingerprint density at radius 2 is 0.494 bits per heavy atom. The standard InChI is InChI=1S/C77H132O6/c1-4-7-10-13-16-19-22-25-28-31-34-35-36-37-38-39-40-41-44-46-49-52-55-58-61-64-67-70-76(79)82-73-74(83-77(80)71-68-65-62-59-56-53-50-47-43-33-30-27-24-21-18-15-12-9-6-3)72-81-75(78)69-66-63-60-57-54-51-48-45-42-32-29-26-23-20-17-14-11-8-5-2/h9,12,18,21-22,25,27,30-31,34,36-37,43,47,53,56,62,65,74H,4-8,10-11,13-17,19-20,23-24,26,28-29,32-33,35,38-42,44-46,48-52,54-55,57-61,63-64,66-73H2,1-3H3/b12-9-,21-18-,25-22-,30-27-,34-31-,37-36-,47-43-,56-53-,65-62-. The van der Waals surface area contributed by atoms with Crippen LogP contribution in [0.3, 0.4) is 0 Å². The van der Waals surface area contributed by atoms with Crippen LogP contribution in [0.25, 0.3) is 0 Å². The Labute approximate surface area is 514 Å². The third-order valence-corrected chi connectivity index (χ3v) is 15.3. The Morgan fingerprint density at radius 3 is 0.783 bits per heavy atom. The van der Waals surface area contributed by atoms with E-state index >= 15 is 0 Å². The van der Waals surface area contributed by atoms with E-state index in [9.17, 15) is 14.4 Å². The fourth-order valence-electron chi connectivity index (χ4n) is 10.0. The third-order valence-electron chi connectivity index (χ3n) is 15.3. The lowest BCUT2D eigenvalue weighted by atomic mass is 10.0. The molecule has 0 aliphatic rings. The summed E-state index contributed by atoms with van der Waals surface area (Å²) < 4.78 is 16.9. The van der Waals surface area contributed by atoms with Crippen molar-refractivity contribution >= 4 is 17.9 Å². The predicted octanol–water partition coefficient (Wildman–Crippen LogP) is 24.6. The van der Waals surface area contributed by atoms with Gasteiger partial charge >= 0.3 is 17.9 Å². The first kappa shape index (κ1) is 79.1. The number of esters is 3. The molecule has 0 aromatic carbocycles. The molecule has 0 aliphatic carbocycles. The van der Waals surface area contributed by atoms with E-state index in [0.29, 0.717) is 19.3 Å². The summed E-state index contributed by atoms with van der Waals surface area (Å²) in [6.45, 7) is 6.50. The van der Waals surface area contributed by atoms with Gasteiger partial charge in [0, 0.05) is 19.3 Å². The summed E-state index contributed by atoms with van der Waals surface area (Å²) in [7, 11) is 0. The van der Waals surface area contributed by atoms with Gasteiger partial charge in [0.15, 0.2) is 6.10 Å². The molecule has 0 amide bonds. The van der Waals surface area contributed by atoms with Crippen molar-refractivity contribution in [2.45, 2.75) is 348 Å². The minimum atomic E-state index is -0.821. The zero-order chi connectivity index (χ0) is 59.9. The molecule has 0 saturated carbocycles. The summed E-state index contributed by atoms with van der Waals surface area (Å²) >= 11 is 0. The van der Waals surface area contributed by atoms with Crippen molar-refractivity contribution in [2.75, 3.05) is 13.2 Å². The van der Waals surface area contributed by atoms with E-state index < -0.39 is 6.10 Å². The van der Waals surface area contributed by atoms with Gasteiger partial charge in [-0.05, 0) is 96.3 Å². The number of carbonyl (C=O) groups excluding carboxylic acids is 3. The number of ether oxygens (including phenoxy) is 3. The van der Waals surface area contributed by atoms with Gasteiger partial charge in [0.25, 0.3) is 0 Å². The minimum absolute atomic E-state index is 0.106. The number of hydrogen-bond acceptors (Lipinski definition) is 6. The molecule has 0 aliphatic heterocycles. The fourth-order valence-corrected chi connectivity index (χ4v) is 10.0. The molecule has 6 heteroatoms. The van der Waals surface area contributed by atoms with Crippen LogP contribution < -0.4 is 0 Å². The Bertz CT molecular complexity index is 1660. The van der Waals surface area contributed by atoms with Crippen molar-refractivity contribution in [3.8, 4) is 0 Å². The van der Waals surface area contributed by atoms with Crippen LogP contribution in [-0.4, -0.2) is 37.2 Å². The van der Waals surface area contributed by atoms with Gasteiger partial charge in [-0.15, -0.1) is 0 Å². The van der Waals surface area contributed by atoms with E-state index in [0.717, 1.165) is 89.9 Å². The lowest BCUT2D eigenvalue weighted by Crippen LogP contribution is -2.30. The summed E-state index contributed by atoms with van der Waals surface area (Å²) in [5, 5.41) is 0. The molecule has 0 saturated heterocycles. The second kappa shape index (κ2) is 70.6. The monoisotopic (exact) mass is 1150 g/mol. The average molecular weight is 1150 g/mol. The van der Waals surface area contributed by atoms with Gasteiger partial charge in [-0.25, -0.2) is 0 Å². The Kier molecular flexibility index (Phi) is 67.2. The number of hydrogen-bond donors (Lipinski definition) is 0. The molecule has 1 atom stereocenters. The van der Waals surface area contributed by atoms with E-state index in [1.807, 2.05) is 6.08 Å². The van der Waals surface area contributed by atoms with Crippen LogP contribution in [0.4, 0.5) is 0 Å². The molecule has 0 rings (SSSR count). The lowest BCUT2D eigenvalue weighted by Gasteiger charge is -2.18. The summed E-state index contributed by atoms with van der Waals surface area (Å²) in [6, 6.07) is 0. The van der Waals surface area contributed by atoms with Crippen molar-refractivity contribution in [1.82, 2.24) is 0 Å². The average Bonchev–Trinajstić information content (AvgIpc) is 3.50. The Hall–Kier alpha value is -3.93. The summed E-state index contributed by atoms with van der Waals surface area (Å²) in [4.78, 5) is 38.4. The topological polar surface area (TPSA) is 78.9 Å². The SMILES string of the molecule is CC/C=C\C/C=C\C/C=C\C/C=C\C/C=C\C/C=C\CCC(=O)OC(COC(=O)CCCCCCCCCCCCCC/C=C\C/C=C\C/C=C\CCCCCCC)COC(=O)CCCCCCCCCCCCCCCCCCCCC. The van der Waals surface area contributed by atoms with E-state index in [1.165, 1.54) is 205 Å². The first-order valence-corrected chi connectivity index (χ1v) is 35.4. The van der Waals surface area contributed by atoms with Gasteiger partial charge in [0.2, 0.25) is 0 Å². The van der Waals surface area contributed by atoms with Crippen molar-refractivity contribution in [3.05, 3.63) is 109 Å². The molecule has 83 heavy (non-hydrogen) atoms. The van der Waals surface area contributed by atoms with Crippen LogP contribution in [0.15, 0.2) is 109 Å². The maximum absolute atomic E-state index is 12.9. The van der Waals surface area contributed by atoms with Crippen LogP contribution in [-0.2, 0) is 28.6 Å². The van der Waals surface area contributed by atoms with Gasteiger partial charge < -0.3 is 14.2 Å². The highest BCUT2D eigenvalue weighted by atomic mass is 16.6. The highest BCUT2D eigenvalue weighted by molar-refractivity contribution is 5.71. The quantitative estimate of drug-likeness (QED) is 0.0261.